The van der Waals surface area contributed by atoms with Crippen molar-refractivity contribution in [3.05, 3.63) is 72.3 Å². The van der Waals surface area contributed by atoms with E-state index in [1.165, 1.54) is 13.3 Å². The second-order valence-electron chi connectivity index (χ2n) is 4.53. The maximum absolute atomic E-state index is 12.7. The summed E-state index contributed by atoms with van der Waals surface area (Å²) in [7, 11) is -2.18. The van der Waals surface area contributed by atoms with Gasteiger partial charge < -0.3 is 4.84 Å². The van der Waals surface area contributed by atoms with Gasteiger partial charge >= 0.3 is 0 Å². The Labute approximate surface area is 130 Å². The normalized spacial score (nSPS) is 13.5. The lowest BCUT2D eigenvalue weighted by molar-refractivity contribution is 0.215. The molecule has 114 valence electrons. The summed E-state index contributed by atoms with van der Waals surface area (Å²) in [6.07, 6.45) is 4.63. The molecule has 0 amide bonds. The average molecular weight is 315 g/mol. The molecule has 1 atom stereocenters. The molecule has 2 rings (SSSR count). The first-order valence-electron chi connectivity index (χ1n) is 6.73. The fourth-order valence-corrected chi connectivity index (χ4v) is 3.24. The first kappa shape index (κ1) is 16.0. The quantitative estimate of drug-likeness (QED) is 0.608. The number of hydrogen-bond donors (Lipinski definition) is 0. The molecular formula is C17H17NO3S. The van der Waals surface area contributed by atoms with Gasteiger partial charge in [-0.15, -0.1) is 0 Å². The molecular weight excluding hydrogens is 298 g/mol. The third-order valence-electron chi connectivity index (χ3n) is 3.02. The molecule has 0 fully saturated rings. The maximum Gasteiger partial charge on any atom is 0.190 e. The highest BCUT2D eigenvalue weighted by atomic mass is 32.2. The molecule has 22 heavy (non-hydrogen) atoms. The molecule has 2 aromatic rings. The summed E-state index contributed by atoms with van der Waals surface area (Å²) in [5.74, 6) is 0. The van der Waals surface area contributed by atoms with Gasteiger partial charge in [-0.25, -0.2) is 8.42 Å². The Bertz CT molecular complexity index is 738. The second kappa shape index (κ2) is 7.56. The van der Waals surface area contributed by atoms with E-state index in [1.54, 1.807) is 42.5 Å². The minimum Gasteiger partial charge on any atom is -0.399 e. The van der Waals surface area contributed by atoms with E-state index >= 15 is 0 Å². The Morgan fingerprint density at radius 3 is 2.18 bits per heavy atom. The standard InChI is InChI=1S/C17H17NO3S/c1-21-18-14-17(13-12-15-8-4-2-5-9-15)22(19,20)16-10-6-3-7-11-16/h2-14,17H,1H3/b13-12+,18-14+. The Balaban J connectivity index is 2.34. The topological polar surface area (TPSA) is 55.7 Å². The highest BCUT2D eigenvalue weighted by Crippen LogP contribution is 2.17. The lowest BCUT2D eigenvalue weighted by atomic mass is 10.2. The molecule has 2 aromatic carbocycles. The molecule has 0 bridgehead atoms. The van der Waals surface area contributed by atoms with E-state index in [1.807, 2.05) is 30.3 Å². The van der Waals surface area contributed by atoms with Crippen molar-refractivity contribution in [3.63, 3.8) is 0 Å². The van der Waals surface area contributed by atoms with Gasteiger partial charge in [-0.05, 0) is 17.7 Å². The predicted molar refractivity (Wildman–Crippen MR) is 88.4 cm³/mol. The zero-order chi connectivity index (χ0) is 15.8. The second-order valence-corrected chi connectivity index (χ2v) is 6.64. The fraction of sp³-hybridized carbons (Fsp3) is 0.118. The van der Waals surface area contributed by atoms with Crippen molar-refractivity contribution in [3.8, 4) is 0 Å². The highest BCUT2D eigenvalue weighted by molar-refractivity contribution is 7.93. The number of benzene rings is 2. The minimum absolute atomic E-state index is 0.250. The summed E-state index contributed by atoms with van der Waals surface area (Å²) in [6, 6.07) is 17.8. The zero-order valence-corrected chi connectivity index (χ0v) is 13.0. The number of nitrogens with zero attached hydrogens (tertiary/aromatic N) is 1. The molecule has 0 aliphatic carbocycles. The van der Waals surface area contributed by atoms with E-state index in [0.717, 1.165) is 5.56 Å². The molecule has 4 nitrogen and oxygen atoms in total. The van der Waals surface area contributed by atoms with Crippen LogP contribution >= 0.6 is 0 Å². The molecule has 1 unspecified atom stereocenters. The summed E-state index contributed by atoms with van der Waals surface area (Å²) < 4.78 is 25.3. The molecule has 0 N–H and O–H groups in total. The van der Waals surface area contributed by atoms with E-state index in [4.69, 9.17) is 0 Å². The van der Waals surface area contributed by atoms with Gasteiger partial charge in [0.25, 0.3) is 0 Å². The largest absolute Gasteiger partial charge is 0.399 e. The number of hydrogen-bond acceptors (Lipinski definition) is 4. The highest BCUT2D eigenvalue weighted by Gasteiger charge is 2.23. The van der Waals surface area contributed by atoms with Crippen molar-refractivity contribution in [1.82, 2.24) is 0 Å². The average Bonchev–Trinajstić information content (AvgIpc) is 2.56. The van der Waals surface area contributed by atoms with E-state index in [9.17, 15) is 8.42 Å². The van der Waals surface area contributed by atoms with Crippen LogP contribution in [0.25, 0.3) is 6.08 Å². The van der Waals surface area contributed by atoms with Crippen LogP contribution in [-0.4, -0.2) is 27.0 Å². The Kier molecular flexibility index (Phi) is 5.49. The van der Waals surface area contributed by atoms with Gasteiger partial charge in [0, 0.05) is 0 Å². The van der Waals surface area contributed by atoms with Crippen molar-refractivity contribution >= 4 is 22.1 Å². The van der Waals surface area contributed by atoms with Gasteiger partial charge in [0.15, 0.2) is 9.84 Å². The lowest BCUT2D eigenvalue weighted by Crippen LogP contribution is -2.21. The predicted octanol–water partition coefficient (Wildman–Crippen LogP) is 3.17. The fourth-order valence-electron chi connectivity index (χ4n) is 1.89. The van der Waals surface area contributed by atoms with Crippen molar-refractivity contribution in [2.45, 2.75) is 10.1 Å². The van der Waals surface area contributed by atoms with Gasteiger partial charge in [-0.3, -0.25) is 0 Å². The molecule has 5 heteroatoms. The molecule has 0 aromatic heterocycles. The van der Waals surface area contributed by atoms with Crippen LogP contribution in [-0.2, 0) is 14.7 Å². The van der Waals surface area contributed by atoms with Crippen LogP contribution in [0.4, 0.5) is 0 Å². The van der Waals surface area contributed by atoms with Crippen molar-refractivity contribution in [2.24, 2.45) is 5.16 Å². The third kappa shape index (κ3) is 4.05. The summed E-state index contributed by atoms with van der Waals surface area (Å²) >= 11 is 0. The summed E-state index contributed by atoms with van der Waals surface area (Å²) in [5, 5.41) is 2.73. The van der Waals surface area contributed by atoms with E-state index in [-0.39, 0.29) is 4.90 Å². The molecule has 0 saturated heterocycles. The van der Waals surface area contributed by atoms with E-state index in [0.29, 0.717) is 0 Å². The van der Waals surface area contributed by atoms with E-state index in [2.05, 4.69) is 9.99 Å². The Morgan fingerprint density at radius 2 is 1.59 bits per heavy atom. The van der Waals surface area contributed by atoms with Crippen molar-refractivity contribution < 1.29 is 13.3 Å². The first-order valence-corrected chi connectivity index (χ1v) is 8.28. The third-order valence-corrected chi connectivity index (χ3v) is 4.95. The maximum atomic E-state index is 12.7. The van der Waals surface area contributed by atoms with Crippen LogP contribution in [0.5, 0.6) is 0 Å². The van der Waals surface area contributed by atoms with Crippen LogP contribution in [0.1, 0.15) is 5.56 Å². The van der Waals surface area contributed by atoms with Gasteiger partial charge in [-0.1, -0.05) is 65.8 Å². The Morgan fingerprint density at radius 1 is 1.00 bits per heavy atom. The van der Waals surface area contributed by atoms with Crippen LogP contribution in [0.2, 0.25) is 0 Å². The van der Waals surface area contributed by atoms with Crippen LogP contribution < -0.4 is 0 Å². The lowest BCUT2D eigenvalue weighted by Gasteiger charge is -2.09. The van der Waals surface area contributed by atoms with Crippen LogP contribution in [0, 0.1) is 0 Å². The minimum atomic E-state index is -3.56. The monoisotopic (exact) mass is 315 g/mol. The molecule has 0 spiro atoms. The first-order chi connectivity index (χ1) is 10.6. The van der Waals surface area contributed by atoms with Crippen LogP contribution in [0.15, 0.2) is 76.8 Å². The number of rotatable bonds is 6. The van der Waals surface area contributed by atoms with Gasteiger partial charge in [0.1, 0.15) is 12.4 Å². The number of oxime groups is 1. The van der Waals surface area contributed by atoms with Crippen molar-refractivity contribution in [1.29, 1.82) is 0 Å². The smallest absolute Gasteiger partial charge is 0.190 e. The molecule has 0 aliphatic rings. The molecule has 0 radical (unpaired) electrons. The van der Waals surface area contributed by atoms with E-state index < -0.39 is 15.1 Å². The summed E-state index contributed by atoms with van der Waals surface area (Å²) in [5.41, 5.74) is 0.918. The molecule has 0 heterocycles. The summed E-state index contributed by atoms with van der Waals surface area (Å²) in [4.78, 5) is 4.88. The SMILES string of the molecule is CO/N=C/C(/C=C/c1ccccc1)S(=O)(=O)c1ccccc1. The van der Waals surface area contributed by atoms with Gasteiger partial charge in [0.05, 0.1) is 11.1 Å². The van der Waals surface area contributed by atoms with Gasteiger partial charge in [0.2, 0.25) is 0 Å². The molecule has 0 saturated carbocycles. The van der Waals surface area contributed by atoms with Gasteiger partial charge in [-0.2, -0.15) is 0 Å². The zero-order valence-electron chi connectivity index (χ0n) is 12.2. The molecule has 0 aliphatic heterocycles. The summed E-state index contributed by atoms with van der Waals surface area (Å²) in [6.45, 7) is 0. The number of sulfone groups is 1. The Hall–Kier alpha value is -2.40. The van der Waals surface area contributed by atoms with Crippen molar-refractivity contribution in [2.75, 3.05) is 7.11 Å². The van der Waals surface area contributed by atoms with Crippen LogP contribution in [0.3, 0.4) is 0 Å².